The maximum absolute atomic E-state index is 11.1. The van der Waals surface area contributed by atoms with Gasteiger partial charge < -0.3 is 4.98 Å². The quantitative estimate of drug-likeness (QED) is 0.606. The molecule has 0 bridgehead atoms. The van der Waals surface area contributed by atoms with Crippen molar-refractivity contribution in [3.8, 4) is 0 Å². The minimum atomic E-state index is -0.760. The molecule has 1 aromatic heterocycles. The van der Waals surface area contributed by atoms with Gasteiger partial charge in [-0.3, -0.25) is 4.89 Å². The van der Waals surface area contributed by atoms with Crippen LogP contribution in [0.1, 0.15) is 21.6 Å². The van der Waals surface area contributed by atoms with Gasteiger partial charge in [-0.1, -0.05) is 12.1 Å². The molecule has 2 aromatic rings. The summed E-state index contributed by atoms with van der Waals surface area (Å²) in [5, 5.41) is 8.27. The van der Waals surface area contributed by atoms with Gasteiger partial charge in [-0.25, -0.2) is 9.78 Å². The molecule has 2 N–H and O–H groups in total. The third kappa shape index (κ3) is 2.26. The number of aromatic nitrogens is 2. The minimum absolute atomic E-state index is 0.315. The Morgan fingerprint density at radius 2 is 2.38 bits per heavy atom. The predicted molar refractivity (Wildman–Crippen MR) is 55.9 cm³/mol. The first kappa shape index (κ1) is 10.4. The molecule has 0 atom stereocenters. The normalized spacial score (nSPS) is 10.1. The number of aromatic amines is 1. The number of benzene rings is 1. The van der Waals surface area contributed by atoms with Crippen LogP contribution in [0.4, 0.5) is 0 Å². The van der Waals surface area contributed by atoms with Gasteiger partial charge >= 0.3 is 5.97 Å². The monoisotopic (exact) mass is 218 g/mol. The smallest absolute Gasteiger partial charge is 0.351 e. The number of imidazole rings is 1. The Morgan fingerprint density at radius 3 is 3.06 bits per heavy atom. The Hall–Kier alpha value is -2.14. The Kier molecular flexibility index (Phi) is 2.98. The molecular weight excluding hydrogens is 208 g/mol. The van der Waals surface area contributed by atoms with E-state index in [4.69, 9.17) is 5.26 Å². The fraction of sp³-hybridized carbons (Fsp3) is 0.0909. The molecule has 1 heterocycles. The second-order valence-electron chi connectivity index (χ2n) is 3.32. The number of carbonyl (C=O) groups is 1. The van der Waals surface area contributed by atoms with Gasteiger partial charge in [0, 0.05) is 12.6 Å². The summed E-state index contributed by atoms with van der Waals surface area (Å²) in [4.78, 5) is 21.7. The van der Waals surface area contributed by atoms with Crippen LogP contribution in [0.3, 0.4) is 0 Å². The number of rotatable bonds is 3. The van der Waals surface area contributed by atoms with Gasteiger partial charge in [0.15, 0.2) is 0 Å². The first-order valence-electron chi connectivity index (χ1n) is 4.72. The molecule has 0 fully saturated rings. The van der Waals surface area contributed by atoms with Gasteiger partial charge in [-0.15, -0.1) is 0 Å². The molecule has 0 spiro atoms. The van der Waals surface area contributed by atoms with Crippen LogP contribution in [-0.2, 0) is 11.3 Å². The zero-order chi connectivity index (χ0) is 11.4. The van der Waals surface area contributed by atoms with E-state index in [1.54, 1.807) is 30.7 Å². The molecule has 1 aromatic carbocycles. The lowest BCUT2D eigenvalue weighted by Crippen LogP contribution is -2.02. The van der Waals surface area contributed by atoms with Crippen LogP contribution in [0.25, 0.3) is 0 Å². The van der Waals surface area contributed by atoms with Crippen LogP contribution < -0.4 is 0 Å². The standard InChI is InChI=1S/C11H10N2O3/c14-11(16-15)9-3-1-2-8(4-9)5-10-6-12-7-13-10/h1-4,6-7,15H,5H2,(H,12,13). The largest absolute Gasteiger partial charge is 0.372 e. The third-order valence-corrected chi connectivity index (χ3v) is 2.19. The first-order chi connectivity index (χ1) is 7.79. The lowest BCUT2D eigenvalue weighted by Gasteiger charge is -2.01. The van der Waals surface area contributed by atoms with Crippen molar-refractivity contribution in [3.05, 3.63) is 53.6 Å². The Bertz CT molecular complexity index is 480. The van der Waals surface area contributed by atoms with Crippen molar-refractivity contribution in [2.24, 2.45) is 0 Å². The van der Waals surface area contributed by atoms with E-state index in [1.807, 2.05) is 6.07 Å². The van der Waals surface area contributed by atoms with Gasteiger partial charge in [-0.05, 0) is 17.7 Å². The number of hydrogen-bond acceptors (Lipinski definition) is 4. The van der Waals surface area contributed by atoms with E-state index >= 15 is 0 Å². The van der Waals surface area contributed by atoms with E-state index in [1.165, 1.54) is 0 Å². The summed E-state index contributed by atoms with van der Waals surface area (Å²) in [6.45, 7) is 0. The van der Waals surface area contributed by atoms with Crippen LogP contribution >= 0.6 is 0 Å². The molecule has 0 amide bonds. The molecule has 5 heteroatoms. The van der Waals surface area contributed by atoms with E-state index < -0.39 is 5.97 Å². The maximum Gasteiger partial charge on any atom is 0.372 e. The third-order valence-electron chi connectivity index (χ3n) is 2.19. The number of H-pyrrole nitrogens is 1. The van der Waals surface area contributed by atoms with E-state index in [0.717, 1.165) is 11.3 Å². The number of nitrogens with one attached hydrogen (secondary N) is 1. The SMILES string of the molecule is O=C(OO)c1cccc(Cc2c[nH]cn2)c1. The molecule has 0 saturated carbocycles. The number of hydrogen-bond donors (Lipinski definition) is 2. The molecule has 5 nitrogen and oxygen atoms in total. The topological polar surface area (TPSA) is 75.2 Å². The van der Waals surface area contributed by atoms with Crippen LogP contribution in [0.5, 0.6) is 0 Å². The molecule has 16 heavy (non-hydrogen) atoms. The second kappa shape index (κ2) is 4.59. The van der Waals surface area contributed by atoms with Crippen molar-refractivity contribution in [3.63, 3.8) is 0 Å². The molecule has 82 valence electrons. The van der Waals surface area contributed by atoms with E-state index in [9.17, 15) is 4.79 Å². The van der Waals surface area contributed by atoms with Crippen molar-refractivity contribution >= 4 is 5.97 Å². The summed E-state index contributed by atoms with van der Waals surface area (Å²) >= 11 is 0. The Labute approximate surface area is 91.6 Å². The lowest BCUT2D eigenvalue weighted by molar-refractivity contribution is -0.182. The highest BCUT2D eigenvalue weighted by Gasteiger charge is 2.07. The molecule has 0 saturated heterocycles. The number of nitrogens with zero attached hydrogens (tertiary/aromatic N) is 1. The molecule has 0 radical (unpaired) electrons. The van der Waals surface area contributed by atoms with Gasteiger partial charge in [0.1, 0.15) is 0 Å². The summed E-state index contributed by atoms with van der Waals surface area (Å²) < 4.78 is 0. The van der Waals surface area contributed by atoms with Crippen molar-refractivity contribution < 1.29 is 14.9 Å². The van der Waals surface area contributed by atoms with Gasteiger partial charge in [-0.2, -0.15) is 5.26 Å². The summed E-state index contributed by atoms with van der Waals surface area (Å²) in [6.07, 6.45) is 4.01. The summed E-state index contributed by atoms with van der Waals surface area (Å²) in [7, 11) is 0. The average Bonchev–Trinajstić information content (AvgIpc) is 2.81. The summed E-state index contributed by atoms with van der Waals surface area (Å²) in [6, 6.07) is 6.84. The first-order valence-corrected chi connectivity index (χ1v) is 4.72. The van der Waals surface area contributed by atoms with Crippen molar-refractivity contribution in [2.75, 3.05) is 0 Å². The fourth-order valence-corrected chi connectivity index (χ4v) is 1.46. The van der Waals surface area contributed by atoms with Crippen LogP contribution in [0, 0.1) is 0 Å². The second-order valence-corrected chi connectivity index (χ2v) is 3.32. The van der Waals surface area contributed by atoms with Crippen molar-refractivity contribution in [1.82, 2.24) is 9.97 Å². The minimum Gasteiger partial charge on any atom is -0.351 e. The fourth-order valence-electron chi connectivity index (χ4n) is 1.46. The molecular formula is C11H10N2O3. The lowest BCUT2D eigenvalue weighted by atomic mass is 10.1. The Balaban J connectivity index is 2.19. The molecule has 0 aliphatic carbocycles. The molecule has 2 rings (SSSR count). The van der Waals surface area contributed by atoms with Gasteiger partial charge in [0.05, 0.1) is 17.6 Å². The zero-order valence-electron chi connectivity index (χ0n) is 8.38. The average molecular weight is 218 g/mol. The van der Waals surface area contributed by atoms with Crippen LogP contribution in [0.2, 0.25) is 0 Å². The van der Waals surface area contributed by atoms with Gasteiger partial charge in [0.25, 0.3) is 0 Å². The zero-order valence-corrected chi connectivity index (χ0v) is 8.38. The Morgan fingerprint density at radius 1 is 1.50 bits per heavy atom. The molecule has 0 aliphatic heterocycles. The van der Waals surface area contributed by atoms with Crippen molar-refractivity contribution in [1.29, 1.82) is 0 Å². The number of carbonyl (C=O) groups excluding carboxylic acids is 1. The summed E-state index contributed by atoms with van der Waals surface area (Å²) in [5.74, 6) is -0.760. The predicted octanol–water partition coefficient (Wildman–Crippen LogP) is 1.63. The molecule has 0 unspecified atom stereocenters. The van der Waals surface area contributed by atoms with E-state index in [-0.39, 0.29) is 0 Å². The van der Waals surface area contributed by atoms with E-state index in [2.05, 4.69) is 14.9 Å². The highest BCUT2D eigenvalue weighted by atomic mass is 17.1. The van der Waals surface area contributed by atoms with Crippen molar-refractivity contribution in [2.45, 2.75) is 6.42 Å². The highest BCUT2D eigenvalue weighted by molar-refractivity contribution is 5.89. The van der Waals surface area contributed by atoms with E-state index in [0.29, 0.717) is 12.0 Å². The summed E-state index contributed by atoms with van der Waals surface area (Å²) in [5.41, 5.74) is 2.13. The maximum atomic E-state index is 11.1. The van der Waals surface area contributed by atoms with Gasteiger partial charge in [0.2, 0.25) is 0 Å². The van der Waals surface area contributed by atoms with Crippen LogP contribution in [0.15, 0.2) is 36.8 Å². The highest BCUT2D eigenvalue weighted by Crippen LogP contribution is 2.10. The van der Waals surface area contributed by atoms with Crippen LogP contribution in [-0.4, -0.2) is 21.2 Å². The molecule has 0 aliphatic rings.